The van der Waals surface area contributed by atoms with E-state index in [2.05, 4.69) is 27.0 Å². The van der Waals surface area contributed by atoms with Crippen LogP contribution in [0.25, 0.3) is 0 Å². The van der Waals surface area contributed by atoms with E-state index in [1.807, 2.05) is 43.3 Å². The number of ether oxygens (including phenoxy) is 3. The van der Waals surface area contributed by atoms with E-state index in [1.54, 1.807) is 18.2 Å². The summed E-state index contributed by atoms with van der Waals surface area (Å²) in [5, 5.41) is 3.46. The number of thiazole rings is 1. The molecule has 2 saturated heterocycles. The molecule has 3 heterocycles. The van der Waals surface area contributed by atoms with Crippen molar-refractivity contribution in [2.75, 3.05) is 89.6 Å². The minimum Gasteiger partial charge on any atom is -0.496 e. The van der Waals surface area contributed by atoms with E-state index in [4.69, 9.17) is 14.2 Å². The predicted molar refractivity (Wildman–Crippen MR) is 175 cm³/mol. The molecule has 5 rings (SSSR count). The molecule has 3 aromatic rings. The minimum atomic E-state index is -0.196. The third-order valence-electron chi connectivity index (χ3n) is 7.71. The SMILES string of the molecule is CCCOCCN1CCN(c2ccc(C(=O)Nc3ncc(Sc4cc(C(=O)N5CCOCC5)c(OC)cc4C)s3)cc2)CC1. The lowest BCUT2D eigenvalue weighted by Gasteiger charge is -2.36. The molecule has 2 fully saturated rings. The topological polar surface area (TPSA) is 96.5 Å². The highest BCUT2D eigenvalue weighted by Gasteiger charge is 2.24. The Kier molecular flexibility index (Phi) is 11.5. The van der Waals surface area contributed by atoms with Crippen molar-refractivity contribution in [3.05, 3.63) is 59.3 Å². The molecule has 2 aromatic carbocycles. The van der Waals surface area contributed by atoms with Gasteiger partial charge in [-0.1, -0.05) is 30.0 Å². The molecule has 0 atom stereocenters. The summed E-state index contributed by atoms with van der Waals surface area (Å²) in [6.07, 6.45) is 2.80. The summed E-state index contributed by atoms with van der Waals surface area (Å²) >= 11 is 2.92. The van der Waals surface area contributed by atoms with Crippen LogP contribution in [0.15, 0.2) is 51.7 Å². The molecule has 12 heteroatoms. The summed E-state index contributed by atoms with van der Waals surface area (Å²) < 4.78 is 17.5. The third kappa shape index (κ3) is 8.30. The zero-order valence-corrected chi connectivity index (χ0v) is 27.3. The summed E-state index contributed by atoms with van der Waals surface area (Å²) in [5.74, 6) is 0.297. The Morgan fingerprint density at radius 3 is 2.50 bits per heavy atom. The first kappa shape index (κ1) is 32.2. The Morgan fingerprint density at radius 2 is 1.80 bits per heavy atom. The number of rotatable bonds is 12. The quantitative estimate of drug-likeness (QED) is 0.278. The van der Waals surface area contributed by atoms with Crippen LogP contribution in [0.4, 0.5) is 10.8 Å². The zero-order chi connectivity index (χ0) is 30.9. The lowest BCUT2D eigenvalue weighted by molar-refractivity contribution is 0.0300. The number of methoxy groups -OCH3 is 1. The Bertz CT molecular complexity index is 1400. The Hall–Kier alpha value is -3.16. The molecule has 0 radical (unpaired) electrons. The molecule has 0 saturated carbocycles. The van der Waals surface area contributed by atoms with Gasteiger partial charge < -0.3 is 24.0 Å². The number of nitrogens with one attached hydrogen (secondary N) is 1. The molecule has 2 aliphatic heterocycles. The van der Waals surface area contributed by atoms with Gasteiger partial charge in [0.25, 0.3) is 11.8 Å². The fraction of sp³-hybridized carbons (Fsp3) is 0.469. The van der Waals surface area contributed by atoms with Crippen molar-refractivity contribution in [3.8, 4) is 5.75 Å². The molecule has 0 aliphatic carbocycles. The van der Waals surface area contributed by atoms with Gasteiger partial charge in [-0.05, 0) is 55.3 Å². The van der Waals surface area contributed by atoms with Crippen LogP contribution < -0.4 is 15.0 Å². The first-order chi connectivity index (χ1) is 21.4. The second-order valence-electron chi connectivity index (χ2n) is 10.8. The van der Waals surface area contributed by atoms with Crippen LogP contribution in [0, 0.1) is 6.92 Å². The van der Waals surface area contributed by atoms with E-state index in [9.17, 15) is 9.59 Å². The molecule has 0 bridgehead atoms. The van der Waals surface area contributed by atoms with Crippen LogP contribution in [-0.4, -0.2) is 106 Å². The maximum absolute atomic E-state index is 13.2. The van der Waals surface area contributed by atoms with E-state index >= 15 is 0 Å². The van der Waals surface area contributed by atoms with Crippen molar-refractivity contribution in [3.63, 3.8) is 0 Å². The molecule has 44 heavy (non-hydrogen) atoms. The number of nitrogens with zero attached hydrogens (tertiary/aromatic N) is 4. The molecule has 0 unspecified atom stereocenters. The molecule has 1 aromatic heterocycles. The average Bonchev–Trinajstić information content (AvgIpc) is 3.50. The molecular weight excluding hydrogens is 599 g/mol. The van der Waals surface area contributed by atoms with E-state index in [1.165, 1.54) is 23.1 Å². The van der Waals surface area contributed by atoms with E-state index in [-0.39, 0.29) is 11.8 Å². The van der Waals surface area contributed by atoms with Crippen molar-refractivity contribution in [2.45, 2.75) is 29.4 Å². The second kappa shape index (κ2) is 15.7. The highest BCUT2D eigenvalue weighted by atomic mass is 32.2. The van der Waals surface area contributed by atoms with E-state index < -0.39 is 0 Å². The number of piperazine rings is 1. The first-order valence-electron chi connectivity index (χ1n) is 15.1. The normalized spacial score (nSPS) is 15.8. The summed E-state index contributed by atoms with van der Waals surface area (Å²) in [7, 11) is 1.58. The summed E-state index contributed by atoms with van der Waals surface area (Å²) in [6, 6.07) is 11.5. The van der Waals surface area contributed by atoms with Gasteiger partial charge in [0.1, 0.15) is 5.75 Å². The average molecular weight is 640 g/mol. The molecule has 236 valence electrons. The fourth-order valence-corrected chi connectivity index (χ4v) is 7.12. The minimum absolute atomic E-state index is 0.0644. The van der Waals surface area contributed by atoms with Crippen molar-refractivity contribution < 1.29 is 23.8 Å². The molecule has 2 amide bonds. The summed E-state index contributed by atoms with van der Waals surface area (Å²) in [5.41, 5.74) is 3.23. The van der Waals surface area contributed by atoms with Crippen LogP contribution in [0.1, 0.15) is 39.6 Å². The van der Waals surface area contributed by atoms with Crippen LogP contribution in [0.5, 0.6) is 5.75 Å². The van der Waals surface area contributed by atoms with Crippen molar-refractivity contribution in [2.24, 2.45) is 0 Å². The monoisotopic (exact) mass is 639 g/mol. The van der Waals surface area contributed by atoms with Gasteiger partial charge >= 0.3 is 0 Å². The number of hydrogen-bond donors (Lipinski definition) is 1. The summed E-state index contributed by atoms with van der Waals surface area (Å²) in [4.78, 5) is 38.2. The van der Waals surface area contributed by atoms with Gasteiger partial charge in [-0.3, -0.25) is 19.8 Å². The van der Waals surface area contributed by atoms with Crippen molar-refractivity contribution in [1.29, 1.82) is 0 Å². The molecule has 2 aliphatic rings. The van der Waals surface area contributed by atoms with Crippen LogP contribution in [-0.2, 0) is 9.47 Å². The van der Waals surface area contributed by atoms with Gasteiger partial charge in [0.2, 0.25) is 0 Å². The number of morpholine rings is 1. The first-order valence-corrected chi connectivity index (χ1v) is 16.7. The number of anilines is 2. The maximum Gasteiger partial charge on any atom is 0.257 e. The lowest BCUT2D eigenvalue weighted by Crippen LogP contribution is -2.47. The standard InChI is InChI=1S/C32H41N5O5S2/c1-4-16-41-17-13-35-9-11-36(12-10-35)25-7-5-24(6-8-25)30(38)34-32-33-22-29(44-32)43-28-21-26(27(40-3)20-23(28)2)31(39)37-14-18-42-19-15-37/h5-8,20-22H,4,9-19H2,1-3H3,(H,33,34,38). The molecule has 0 spiro atoms. The smallest absolute Gasteiger partial charge is 0.257 e. The predicted octanol–water partition coefficient (Wildman–Crippen LogP) is 4.88. The van der Waals surface area contributed by atoms with Crippen molar-refractivity contribution >= 4 is 45.7 Å². The molecule has 1 N–H and O–H groups in total. The Morgan fingerprint density at radius 1 is 1.05 bits per heavy atom. The highest BCUT2D eigenvalue weighted by Crippen LogP contribution is 2.38. The fourth-order valence-electron chi connectivity index (χ4n) is 5.18. The Balaban J connectivity index is 1.16. The number of aryl methyl sites for hydroxylation is 1. The number of amides is 2. The molecule has 10 nitrogen and oxygen atoms in total. The highest BCUT2D eigenvalue weighted by molar-refractivity contribution is 8.01. The van der Waals surface area contributed by atoms with E-state index in [0.717, 1.165) is 72.7 Å². The van der Waals surface area contributed by atoms with Gasteiger partial charge in [0.15, 0.2) is 5.13 Å². The van der Waals surface area contributed by atoms with E-state index in [0.29, 0.717) is 48.3 Å². The van der Waals surface area contributed by atoms with Crippen molar-refractivity contribution in [1.82, 2.24) is 14.8 Å². The van der Waals surface area contributed by atoms with Crippen LogP contribution in [0.3, 0.4) is 0 Å². The lowest BCUT2D eigenvalue weighted by atomic mass is 10.1. The van der Waals surface area contributed by atoms with Crippen LogP contribution in [0.2, 0.25) is 0 Å². The number of carbonyl (C=O) groups is 2. The Labute approximate surface area is 267 Å². The van der Waals surface area contributed by atoms with Gasteiger partial charge in [0, 0.05) is 68.6 Å². The molecular formula is C32H41N5O5S2. The van der Waals surface area contributed by atoms with Gasteiger partial charge in [-0.25, -0.2) is 4.98 Å². The second-order valence-corrected chi connectivity index (χ2v) is 13.1. The van der Waals surface area contributed by atoms with Crippen LogP contribution >= 0.6 is 23.1 Å². The number of aromatic nitrogens is 1. The number of carbonyl (C=O) groups excluding carboxylic acids is 2. The summed E-state index contributed by atoms with van der Waals surface area (Å²) in [6.45, 7) is 12.8. The van der Waals surface area contributed by atoms with Gasteiger partial charge in [-0.2, -0.15) is 0 Å². The number of hydrogen-bond acceptors (Lipinski definition) is 10. The third-order valence-corrected chi connectivity index (χ3v) is 9.88. The van der Waals surface area contributed by atoms with Gasteiger partial charge in [-0.15, -0.1) is 0 Å². The maximum atomic E-state index is 13.2. The largest absolute Gasteiger partial charge is 0.496 e. The zero-order valence-electron chi connectivity index (χ0n) is 25.7. The van der Waals surface area contributed by atoms with Gasteiger partial charge in [0.05, 0.1) is 42.9 Å². The number of benzene rings is 2.